The number of likely N-dealkylation sites (tertiary alicyclic amines) is 1. The zero-order chi connectivity index (χ0) is 14.8. The molecule has 21 heavy (non-hydrogen) atoms. The summed E-state index contributed by atoms with van der Waals surface area (Å²) in [4.78, 5) is 7.38. The molecule has 1 aromatic carbocycles. The van der Waals surface area contributed by atoms with Crippen molar-refractivity contribution in [3.05, 3.63) is 40.4 Å². The average molecular weight is 321 g/mol. The number of thiazole rings is 1. The quantitative estimate of drug-likeness (QED) is 0.770. The Kier molecular flexibility index (Phi) is 4.63. The Morgan fingerprint density at radius 1 is 1.24 bits per heavy atom. The number of hydrogen-bond acceptors (Lipinski definition) is 3. The van der Waals surface area contributed by atoms with E-state index >= 15 is 0 Å². The molecule has 0 saturated carbocycles. The summed E-state index contributed by atoms with van der Waals surface area (Å²) in [7, 11) is 0. The summed E-state index contributed by atoms with van der Waals surface area (Å²) in [5, 5.41) is 3.97. The Morgan fingerprint density at radius 3 is 2.67 bits per heavy atom. The summed E-state index contributed by atoms with van der Waals surface area (Å²) < 4.78 is 0. The molecule has 1 aromatic heterocycles. The molecule has 1 saturated heterocycles. The maximum absolute atomic E-state index is 6.26. The molecule has 0 bridgehead atoms. The van der Waals surface area contributed by atoms with Crippen LogP contribution < -0.4 is 0 Å². The van der Waals surface area contributed by atoms with Gasteiger partial charge in [0.1, 0.15) is 5.01 Å². The first-order valence-corrected chi connectivity index (χ1v) is 8.86. The van der Waals surface area contributed by atoms with Gasteiger partial charge in [0.2, 0.25) is 0 Å². The van der Waals surface area contributed by atoms with Crippen molar-refractivity contribution < 1.29 is 0 Å². The van der Waals surface area contributed by atoms with Crippen molar-refractivity contribution in [2.24, 2.45) is 0 Å². The van der Waals surface area contributed by atoms with E-state index in [9.17, 15) is 0 Å². The third-order valence-electron chi connectivity index (χ3n) is 4.38. The van der Waals surface area contributed by atoms with Crippen molar-refractivity contribution in [2.45, 2.75) is 51.7 Å². The number of hydrogen-bond donors (Lipinski definition) is 0. The molecule has 2 aromatic rings. The fraction of sp³-hybridized carbons (Fsp3) is 0.471. The zero-order valence-corrected chi connectivity index (χ0v) is 14.1. The summed E-state index contributed by atoms with van der Waals surface area (Å²) in [6.07, 6.45) is 3.94. The van der Waals surface area contributed by atoms with Crippen LogP contribution in [-0.4, -0.2) is 22.0 Å². The summed E-state index contributed by atoms with van der Waals surface area (Å²) in [5.74, 6) is 0. The number of aromatic nitrogens is 1. The highest BCUT2D eigenvalue weighted by molar-refractivity contribution is 7.13. The second-order valence-corrected chi connectivity index (χ2v) is 7.19. The van der Waals surface area contributed by atoms with Crippen molar-refractivity contribution >= 4 is 22.9 Å². The molecule has 2 nitrogen and oxygen atoms in total. The van der Waals surface area contributed by atoms with Crippen molar-refractivity contribution in [2.75, 3.05) is 0 Å². The van der Waals surface area contributed by atoms with E-state index in [4.69, 9.17) is 16.6 Å². The molecule has 0 radical (unpaired) electrons. The van der Waals surface area contributed by atoms with Gasteiger partial charge in [-0.25, -0.2) is 4.98 Å². The minimum atomic E-state index is 0.652. The Labute approximate surface area is 135 Å². The third kappa shape index (κ3) is 3.31. The molecule has 0 aliphatic carbocycles. The van der Waals surface area contributed by atoms with Crippen LogP contribution >= 0.6 is 22.9 Å². The van der Waals surface area contributed by atoms with Gasteiger partial charge in [-0.15, -0.1) is 11.3 Å². The maximum Gasteiger partial charge on any atom is 0.125 e. The minimum absolute atomic E-state index is 0.652. The molecule has 1 fully saturated rings. The smallest absolute Gasteiger partial charge is 0.125 e. The molecule has 3 rings (SSSR count). The van der Waals surface area contributed by atoms with Crippen molar-refractivity contribution in [1.82, 2.24) is 9.88 Å². The van der Waals surface area contributed by atoms with E-state index in [-0.39, 0.29) is 0 Å². The van der Waals surface area contributed by atoms with Crippen LogP contribution in [0.4, 0.5) is 0 Å². The zero-order valence-electron chi connectivity index (χ0n) is 12.6. The average Bonchev–Trinajstić information content (AvgIpc) is 2.92. The monoisotopic (exact) mass is 320 g/mol. The molecular weight excluding hydrogens is 300 g/mol. The lowest BCUT2D eigenvalue weighted by Gasteiger charge is -2.38. The molecule has 2 atom stereocenters. The molecule has 4 heteroatoms. The molecule has 1 aliphatic rings. The van der Waals surface area contributed by atoms with Crippen LogP contribution in [0.15, 0.2) is 29.6 Å². The standard InChI is InChI=1S/C17H21ClN2S/c1-12-6-5-7-13(2)20(12)10-14-11-21-17(19-14)15-8-3-4-9-16(15)18/h3-4,8-9,11-13H,5-7,10H2,1-2H3. The number of nitrogens with zero attached hydrogens (tertiary/aromatic N) is 2. The van der Waals surface area contributed by atoms with E-state index in [1.165, 1.54) is 19.3 Å². The largest absolute Gasteiger partial charge is 0.292 e. The molecule has 0 spiro atoms. The molecule has 0 amide bonds. The van der Waals surface area contributed by atoms with Crippen LogP contribution in [0.5, 0.6) is 0 Å². The van der Waals surface area contributed by atoms with E-state index in [1.54, 1.807) is 11.3 Å². The predicted molar refractivity (Wildman–Crippen MR) is 90.9 cm³/mol. The SMILES string of the molecule is CC1CCCC(C)N1Cc1csc(-c2ccccc2Cl)n1. The maximum atomic E-state index is 6.26. The van der Waals surface area contributed by atoms with Crippen molar-refractivity contribution in [1.29, 1.82) is 0 Å². The third-order valence-corrected chi connectivity index (χ3v) is 5.63. The van der Waals surface area contributed by atoms with Gasteiger partial charge in [0.25, 0.3) is 0 Å². The van der Waals surface area contributed by atoms with E-state index in [0.717, 1.165) is 27.8 Å². The lowest BCUT2D eigenvalue weighted by molar-refractivity contribution is 0.0941. The van der Waals surface area contributed by atoms with E-state index in [1.807, 2.05) is 24.3 Å². The van der Waals surface area contributed by atoms with Gasteiger partial charge in [0.15, 0.2) is 0 Å². The van der Waals surface area contributed by atoms with Gasteiger partial charge in [0, 0.05) is 29.6 Å². The normalized spacial score (nSPS) is 23.4. The molecule has 2 unspecified atom stereocenters. The summed E-state index contributed by atoms with van der Waals surface area (Å²) in [5.41, 5.74) is 2.20. The van der Waals surface area contributed by atoms with Crippen LogP contribution in [0, 0.1) is 0 Å². The molecule has 2 heterocycles. The fourth-order valence-corrected chi connectivity index (χ4v) is 4.24. The highest BCUT2D eigenvalue weighted by Gasteiger charge is 2.25. The van der Waals surface area contributed by atoms with Crippen molar-refractivity contribution in [3.8, 4) is 10.6 Å². The lowest BCUT2D eigenvalue weighted by Crippen LogP contribution is -2.43. The van der Waals surface area contributed by atoms with Gasteiger partial charge in [-0.3, -0.25) is 4.90 Å². The Balaban J connectivity index is 1.78. The number of piperidine rings is 1. The highest BCUT2D eigenvalue weighted by Crippen LogP contribution is 2.31. The van der Waals surface area contributed by atoms with E-state index in [0.29, 0.717) is 12.1 Å². The fourth-order valence-electron chi connectivity index (χ4n) is 3.11. The lowest BCUT2D eigenvalue weighted by atomic mass is 9.97. The van der Waals surface area contributed by atoms with Crippen LogP contribution in [0.2, 0.25) is 5.02 Å². The Bertz CT molecular complexity index is 600. The van der Waals surface area contributed by atoms with Crippen LogP contribution in [0.25, 0.3) is 10.6 Å². The first kappa shape index (κ1) is 15.0. The van der Waals surface area contributed by atoms with E-state index in [2.05, 4.69) is 24.1 Å². The summed E-state index contributed by atoms with van der Waals surface area (Å²) in [6, 6.07) is 9.23. The van der Waals surface area contributed by atoms with E-state index < -0.39 is 0 Å². The summed E-state index contributed by atoms with van der Waals surface area (Å²) >= 11 is 7.95. The van der Waals surface area contributed by atoms with Gasteiger partial charge < -0.3 is 0 Å². The van der Waals surface area contributed by atoms with Crippen LogP contribution in [-0.2, 0) is 6.54 Å². The number of halogens is 1. The topological polar surface area (TPSA) is 16.1 Å². The van der Waals surface area contributed by atoms with Gasteiger partial charge in [-0.05, 0) is 32.8 Å². The van der Waals surface area contributed by atoms with Gasteiger partial charge in [-0.1, -0.05) is 36.2 Å². The minimum Gasteiger partial charge on any atom is -0.292 e. The first-order valence-electron chi connectivity index (χ1n) is 7.60. The van der Waals surface area contributed by atoms with Gasteiger partial charge in [-0.2, -0.15) is 0 Å². The Morgan fingerprint density at radius 2 is 1.95 bits per heavy atom. The summed E-state index contributed by atoms with van der Waals surface area (Å²) in [6.45, 7) is 5.61. The second-order valence-electron chi connectivity index (χ2n) is 5.93. The van der Waals surface area contributed by atoms with Crippen LogP contribution in [0.1, 0.15) is 38.8 Å². The molecule has 112 valence electrons. The molecular formula is C17H21ClN2S. The number of benzene rings is 1. The predicted octanol–water partition coefficient (Wildman–Crippen LogP) is 5.23. The highest BCUT2D eigenvalue weighted by atomic mass is 35.5. The Hall–Kier alpha value is -0.900. The van der Waals surface area contributed by atoms with Crippen molar-refractivity contribution in [3.63, 3.8) is 0 Å². The number of rotatable bonds is 3. The first-order chi connectivity index (χ1) is 10.1. The second kappa shape index (κ2) is 6.47. The van der Waals surface area contributed by atoms with Gasteiger partial charge >= 0.3 is 0 Å². The molecule has 0 N–H and O–H groups in total. The van der Waals surface area contributed by atoms with Gasteiger partial charge in [0.05, 0.1) is 10.7 Å². The van der Waals surface area contributed by atoms with Crippen LogP contribution in [0.3, 0.4) is 0 Å². The molecule has 1 aliphatic heterocycles.